The molecule has 0 fully saturated rings. The molecule has 0 radical (unpaired) electrons. The van der Waals surface area contributed by atoms with Gasteiger partial charge in [-0.05, 0) is 12.1 Å². The molecule has 0 N–H and O–H groups in total. The van der Waals surface area contributed by atoms with E-state index in [1.807, 2.05) is 13.8 Å². The maximum absolute atomic E-state index is 13.3. The molecule has 15 heavy (non-hydrogen) atoms. The molecule has 0 aromatic heterocycles. The number of hydrogen-bond acceptors (Lipinski definition) is 1. The van der Waals surface area contributed by atoms with Crippen LogP contribution >= 0.6 is 27.5 Å². The van der Waals surface area contributed by atoms with Gasteiger partial charge in [0.15, 0.2) is 11.6 Å². The average molecular weight is 296 g/mol. The van der Waals surface area contributed by atoms with Crippen molar-refractivity contribution in [3.63, 3.8) is 0 Å². The molecule has 1 aromatic rings. The predicted molar refractivity (Wildman–Crippen MR) is 64.5 cm³/mol. The van der Waals surface area contributed by atoms with Gasteiger partial charge >= 0.3 is 0 Å². The lowest BCUT2D eigenvalue weighted by Crippen LogP contribution is -2.23. The Bertz CT molecular complexity index is 321. The van der Waals surface area contributed by atoms with Crippen LogP contribution in [0.3, 0.4) is 0 Å². The van der Waals surface area contributed by atoms with Gasteiger partial charge in [-0.3, -0.25) is 0 Å². The Hall–Kier alpha value is -0.280. The Morgan fingerprint density at radius 2 is 2.13 bits per heavy atom. The van der Waals surface area contributed by atoms with Gasteiger partial charge in [-0.1, -0.05) is 47.4 Å². The number of benzene rings is 1. The van der Waals surface area contributed by atoms with Crippen molar-refractivity contribution in [2.24, 2.45) is 5.41 Å². The summed E-state index contributed by atoms with van der Waals surface area (Å²) in [6.45, 7) is 4.46. The van der Waals surface area contributed by atoms with Crippen LogP contribution in [0.15, 0.2) is 18.2 Å². The first-order valence-corrected chi connectivity index (χ1v) is 6.09. The minimum atomic E-state index is -0.423. The molecule has 0 aliphatic carbocycles. The van der Waals surface area contributed by atoms with E-state index in [4.69, 9.17) is 16.3 Å². The Morgan fingerprint density at radius 3 is 2.67 bits per heavy atom. The van der Waals surface area contributed by atoms with E-state index in [1.54, 1.807) is 12.1 Å². The number of ether oxygens (including phenoxy) is 1. The first-order valence-electron chi connectivity index (χ1n) is 4.59. The molecule has 0 aliphatic rings. The quantitative estimate of drug-likeness (QED) is 0.753. The minimum Gasteiger partial charge on any atom is -0.488 e. The van der Waals surface area contributed by atoms with Crippen LogP contribution in [0.2, 0.25) is 5.02 Å². The molecular weight excluding hydrogens is 282 g/mol. The molecule has 0 amide bonds. The SMILES string of the molecule is CC(C)(CBr)COc1c(F)cccc1Cl. The minimum absolute atomic E-state index is 0.0500. The van der Waals surface area contributed by atoms with E-state index >= 15 is 0 Å². The zero-order valence-corrected chi connectivity index (χ0v) is 11.0. The van der Waals surface area contributed by atoms with Crippen LogP contribution in [-0.4, -0.2) is 11.9 Å². The van der Waals surface area contributed by atoms with E-state index in [0.717, 1.165) is 5.33 Å². The monoisotopic (exact) mass is 294 g/mol. The van der Waals surface area contributed by atoms with Gasteiger partial charge in [-0.2, -0.15) is 0 Å². The number of para-hydroxylation sites is 1. The number of rotatable bonds is 4. The zero-order valence-electron chi connectivity index (χ0n) is 8.69. The van der Waals surface area contributed by atoms with E-state index in [-0.39, 0.29) is 11.2 Å². The molecule has 0 saturated heterocycles. The number of halogens is 3. The molecule has 1 rings (SSSR count). The van der Waals surface area contributed by atoms with Gasteiger partial charge in [-0.25, -0.2) is 4.39 Å². The molecule has 84 valence electrons. The third kappa shape index (κ3) is 3.65. The molecule has 0 saturated carbocycles. The van der Waals surface area contributed by atoms with E-state index in [0.29, 0.717) is 11.6 Å². The summed E-state index contributed by atoms with van der Waals surface area (Å²) in [5.41, 5.74) is -0.0500. The van der Waals surface area contributed by atoms with Crippen LogP contribution in [0.4, 0.5) is 4.39 Å². The lowest BCUT2D eigenvalue weighted by molar-refractivity contribution is 0.196. The highest BCUT2D eigenvalue weighted by atomic mass is 79.9. The topological polar surface area (TPSA) is 9.23 Å². The largest absolute Gasteiger partial charge is 0.488 e. The summed E-state index contributed by atoms with van der Waals surface area (Å²) < 4.78 is 18.7. The normalized spacial score (nSPS) is 11.5. The molecule has 0 aliphatic heterocycles. The summed E-state index contributed by atoms with van der Waals surface area (Å²) in [5, 5.41) is 1.09. The van der Waals surface area contributed by atoms with Gasteiger partial charge in [0, 0.05) is 10.7 Å². The third-order valence-corrected chi connectivity index (χ3v) is 3.70. The Labute approximate surface area is 103 Å². The van der Waals surface area contributed by atoms with E-state index in [1.165, 1.54) is 6.07 Å². The maximum atomic E-state index is 13.3. The first-order chi connectivity index (χ1) is 6.96. The average Bonchev–Trinajstić information content (AvgIpc) is 2.17. The van der Waals surface area contributed by atoms with Crippen LogP contribution < -0.4 is 4.74 Å². The highest BCUT2D eigenvalue weighted by Gasteiger charge is 2.19. The fraction of sp³-hybridized carbons (Fsp3) is 0.455. The molecular formula is C11H13BrClFO. The Balaban J connectivity index is 2.73. The lowest BCUT2D eigenvalue weighted by atomic mass is 9.98. The second kappa shape index (κ2) is 5.17. The molecule has 0 atom stereocenters. The fourth-order valence-electron chi connectivity index (χ4n) is 0.927. The van der Waals surface area contributed by atoms with Crippen molar-refractivity contribution in [2.45, 2.75) is 13.8 Å². The molecule has 1 aromatic carbocycles. The smallest absolute Gasteiger partial charge is 0.173 e. The maximum Gasteiger partial charge on any atom is 0.173 e. The van der Waals surface area contributed by atoms with Gasteiger partial charge in [-0.15, -0.1) is 0 Å². The van der Waals surface area contributed by atoms with Gasteiger partial charge < -0.3 is 4.74 Å². The van der Waals surface area contributed by atoms with Crippen molar-refractivity contribution in [1.29, 1.82) is 0 Å². The first kappa shape index (κ1) is 12.8. The highest BCUT2D eigenvalue weighted by molar-refractivity contribution is 9.09. The van der Waals surface area contributed by atoms with Crippen molar-refractivity contribution in [1.82, 2.24) is 0 Å². The molecule has 0 unspecified atom stereocenters. The van der Waals surface area contributed by atoms with Crippen LogP contribution in [0.25, 0.3) is 0 Å². The van der Waals surface area contributed by atoms with Gasteiger partial charge in [0.2, 0.25) is 0 Å². The lowest BCUT2D eigenvalue weighted by Gasteiger charge is -2.22. The predicted octanol–water partition coefficient (Wildman–Crippen LogP) is 4.28. The zero-order chi connectivity index (χ0) is 11.5. The fourth-order valence-corrected chi connectivity index (χ4v) is 1.31. The summed E-state index contributed by atoms with van der Waals surface area (Å²) in [6, 6.07) is 4.50. The summed E-state index contributed by atoms with van der Waals surface area (Å²) in [7, 11) is 0. The second-order valence-corrected chi connectivity index (χ2v) is 5.11. The summed E-state index contributed by atoms with van der Waals surface area (Å²) in [4.78, 5) is 0. The summed E-state index contributed by atoms with van der Waals surface area (Å²) >= 11 is 9.20. The molecule has 0 spiro atoms. The second-order valence-electron chi connectivity index (χ2n) is 4.14. The van der Waals surface area contributed by atoms with Crippen molar-refractivity contribution in [3.8, 4) is 5.75 Å². The van der Waals surface area contributed by atoms with Crippen molar-refractivity contribution in [3.05, 3.63) is 29.0 Å². The summed E-state index contributed by atoms with van der Waals surface area (Å²) in [5.74, 6) is -0.291. The van der Waals surface area contributed by atoms with Crippen LogP contribution in [0.5, 0.6) is 5.75 Å². The number of hydrogen-bond donors (Lipinski definition) is 0. The van der Waals surface area contributed by atoms with Crippen molar-refractivity contribution < 1.29 is 9.13 Å². The van der Waals surface area contributed by atoms with Crippen LogP contribution in [-0.2, 0) is 0 Å². The van der Waals surface area contributed by atoms with E-state index < -0.39 is 5.82 Å². The van der Waals surface area contributed by atoms with Gasteiger partial charge in [0.05, 0.1) is 11.6 Å². The molecule has 0 heterocycles. The van der Waals surface area contributed by atoms with Gasteiger partial charge in [0.1, 0.15) is 0 Å². The van der Waals surface area contributed by atoms with Crippen molar-refractivity contribution >= 4 is 27.5 Å². The Kier molecular flexibility index (Phi) is 4.41. The molecule has 0 bridgehead atoms. The van der Waals surface area contributed by atoms with E-state index in [2.05, 4.69) is 15.9 Å². The van der Waals surface area contributed by atoms with E-state index in [9.17, 15) is 4.39 Å². The third-order valence-electron chi connectivity index (χ3n) is 1.89. The number of alkyl halides is 1. The van der Waals surface area contributed by atoms with Gasteiger partial charge in [0.25, 0.3) is 0 Å². The molecule has 1 nitrogen and oxygen atoms in total. The van der Waals surface area contributed by atoms with Crippen LogP contribution in [0, 0.1) is 11.2 Å². The Morgan fingerprint density at radius 1 is 1.47 bits per heavy atom. The van der Waals surface area contributed by atoms with Crippen LogP contribution in [0.1, 0.15) is 13.8 Å². The highest BCUT2D eigenvalue weighted by Crippen LogP contribution is 2.29. The molecule has 4 heteroatoms. The standard InChI is InChI=1S/C11H13BrClFO/c1-11(2,6-12)7-15-10-8(13)4-3-5-9(10)14/h3-5H,6-7H2,1-2H3. The summed E-state index contributed by atoms with van der Waals surface area (Å²) in [6.07, 6.45) is 0. The van der Waals surface area contributed by atoms with Crippen molar-refractivity contribution in [2.75, 3.05) is 11.9 Å².